The fraction of sp³-hybridized carbons (Fsp3) is 0.233. The molecule has 0 bridgehead atoms. The highest BCUT2D eigenvalue weighted by molar-refractivity contribution is 8.15. The maximum atomic E-state index is 13.6. The van der Waals surface area contributed by atoms with Crippen LogP contribution in [-0.2, 0) is 20.9 Å². The van der Waals surface area contributed by atoms with Gasteiger partial charge in [0, 0.05) is 12.1 Å². The summed E-state index contributed by atoms with van der Waals surface area (Å²) in [6, 6.07) is 17.6. The van der Waals surface area contributed by atoms with Crippen LogP contribution in [-0.4, -0.2) is 65.0 Å². The average Bonchev–Trinajstić information content (AvgIpc) is 3.26. The molecular weight excluding hydrogens is 562 g/mol. The number of ether oxygens (including phenoxy) is 3. The lowest BCUT2D eigenvalue weighted by Crippen LogP contribution is -2.33. The molecule has 0 saturated carbocycles. The van der Waals surface area contributed by atoms with Gasteiger partial charge in [-0.05, 0) is 73.2 Å². The lowest BCUT2D eigenvalue weighted by molar-refractivity contribution is -0.128. The van der Waals surface area contributed by atoms with Crippen molar-refractivity contribution in [1.29, 1.82) is 0 Å². The third-order valence-corrected chi connectivity index (χ3v) is 7.37. The second-order valence-electron chi connectivity index (χ2n) is 9.02. The number of amidine groups is 1. The molecule has 0 aliphatic carbocycles. The number of thioether (sulfide) groups is 1. The summed E-state index contributed by atoms with van der Waals surface area (Å²) in [6.45, 7) is 2.15. The van der Waals surface area contributed by atoms with Crippen LogP contribution in [0.2, 0.25) is 0 Å². The number of carbonyl (C=O) groups is 4. The van der Waals surface area contributed by atoms with E-state index in [4.69, 9.17) is 19.3 Å². The Kier molecular flexibility index (Phi) is 9.81. The summed E-state index contributed by atoms with van der Waals surface area (Å²) >= 11 is 1.16. The first-order valence-electron chi connectivity index (χ1n) is 12.9. The number of carboxylic acid groups (broad SMARTS) is 1. The van der Waals surface area contributed by atoms with E-state index in [1.165, 1.54) is 43.4 Å². The molecule has 2 amide bonds. The van der Waals surface area contributed by atoms with Gasteiger partial charge in [-0.2, -0.15) is 0 Å². The van der Waals surface area contributed by atoms with Crippen LogP contribution in [0.1, 0.15) is 39.6 Å². The molecule has 1 aliphatic rings. The number of aliphatic imine (C=N–C) groups is 1. The van der Waals surface area contributed by atoms with E-state index in [0.29, 0.717) is 33.6 Å². The smallest absolute Gasteiger partial charge is 0.338 e. The van der Waals surface area contributed by atoms with Gasteiger partial charge in [-0.15, -0.1) is 0 Å². The number of esters is 1. The number of carbonyl (C=O) groups excluding carboxylic acids is 3. The monoisotopic (exact) mass is 591 g/mol. The van der Waals surface area contributed by atoms with Crippen molar-refractivity contribution < 1.29 is 38.5 Å². The van der Waals surface area contributed by atoms with E-state index in [-0.39, 0.29) is 31.0 Å². The van der Waals surface area contributed by atoms with E-state index in [9.17, 15) is 19.2 Å². The van der Waals surface area contributed by atoms with Crippen molar-refractivity contribution in [3.8, 4) is 11.5 Å². The van der Waals surface area contributed by atoms with Crippen LogP contribution in [0, 0.1) is 0 Å². The van der Waals surface area contributed by atoms with Gasteiger partial charge >= 0.3 is 11.9 Å². The summed E-state index contributed by atoms with van der Waals surface area (Å²) in [5.74, 6) is -1.17. The standard InChI is InChI=1S/C30H29N3O8S/c1-4-41-29(38)20-8-12-22(13-9-20)32-30-33(17-18-5-14-23(39-2)24(15-18)40-3)27(35)25(42-30)16-26(34)31-21-10-6-19(7-11-21)28(36)37/h5-15,25H,4,16-17H2,1-3H3,(H,31,34)(H,36,37). The number of methoxy groups -OCH3 is 2. The van der Waals surface area contributed by atoms with Gasteiger partial charge in [0.05, 0.1) is 44.2 Å². The average molecular weight is 592 g/mol. The predicted octanol–water partition coefficient (Wildman–Crippen LogP) is 4.74. The Morgan fingerprint density at radius 1 is 0.952 bits per heavy atom. The fourth-order valence-electron chi connectivity index (χ4n) is 4.11. The van der Waals surface area contributed by atoms with Crippen LogP contribution in [0.25, 0.3) is 0 Å². The van der Waals surface area contributed by atoms with Crippen molar-refractivity contribution in [3.63, 3.8) is 0 Å². The van der Waals surface area contributed by atoms with Gasteiger partial charge in [0.15, 0.2) is 16.7 Å². The second-order valence-corrected chi connectivity index (χ2v) is 10.2. The minimum Gasteiger partial charge on any atom is -0.493 e. The molecular formula is C30H29N3O8S. The Morgan fingerprint density at radius 3 is 2.24 bits per heavy atom. The Bertz CT molecular complexity index is 1510. The molecule has 42 heavy (non-hydrogen) atoms. The molecule has 1 saturated heterocycles. The van der Waals surface area contributed by atoms with E-state index < -0.39 is 23.1 Å². The van der Waals surface area contributed by atoms with Gasteiger partial charge in [-0.1, -0.05) is 17.8 Å². The summed E-state index contributed by atoms with van der Waals surface area (Å²) in [5, 5.41) is 11.4. The van der Waals surface area contributed by atoms with E-state index in [0.717, 1.165) is 17.3 Å². The van der Waals surface area contributed by atoms with Gasteiger partial charge in [0.1, 0.15) is 5.25 Å². The number of hydrogen-bond donors (Lipinski definition) is 2. The molecule has 0 spiro atoms. The number of amides is 2. The van der Waals surface area contributed by atoms with Crippen LogP contribution >= 0.6 is 11.8 Å². The van der Waals surface area contributed by atoms with E-state index in [1.807, 2.05) is 6.07 Å². The largest absolute Gasteiger partial charge is 0.493 e. The van der Waals surface area contributed by atoms with Gasteiger partial charge in [0.2, 0.25) is 11.8 Å². The van der Waals surface area contributed by atoms with Crippen LogP contribution in [0.5, 0.6) is 11.5 Å². The van der Waals surface area contributed by atoms with Crippen molar-refractivity contribution in [1.82, 2.24) is 4.90 Å². The van der Waals surface area contributed by atoms with Gasteiger partial charge in [-0.25, -0.2) is 14.6 Å². The number of nitrogens with zero attached hydrogens (tertiary/aromatic N) is 2. The molecule has 0 aromatic heterocycles. The van der Waals surface area contributed by atoms with Crippen LogP contribution in [0.3, 0.4) is 0 Å². The summed E-state index contributed by atoms with van der Waals surface area (Å²) in [5.41, 5.74) is 2.16. The lowest BCUT2D eigenvalue weighted by atomic mass is 10.1. The summed E-state index contributed by atoms with van der Waals surface area (Å²) in [6.07, 6.45) is -0.132. The molecule has 2 N–H and O–H groups in total. The lowest BCUT2D eigenvalue weighted by Gasteiger charge is -2.18. The third kappa shape index (κ3) is 7.26. The molecule has 1 heterocycles. The molecule has 1 fully saturated rings. The first-order chi connectivity index (χ1) is 20.2. The number of anilines is 1. The van der Waals surface area contributed by atoms with Gasteiger partial charge in [0.25, 0.3) is 0 Å². The van der Waals surface area contributed by atoms with Crippen molar-refractivity contribution in [3.05, 3.63) is 83.4 Å². The molecule has 1 aliphatic heterocycles. The zero-order valence-electron chi connectivity index (χ0n) is 23.2. The number of aromatic carboxylic acids is 1. The highest BCUT2D eigenvalue weighted by Gasteiger charge is 2.39. The van der Waals surface area contributed by atoms with Crippen molar-refractivity contribution in [2.45, 2.75) is 25.1 Å². The number of hydrogen-bond acceptors (Lipinski definition) is 9. The summed E-state index contributed by atoms with van der Waals surface area (Å²) in [7, 11) is 3.06. The van der Waals surface area contributed by atoms with E-state index in [2.05, 4.69) is 10.3 Å². The van der Waals surface area contributed by atoms with E-state index in [1.54, 1.807) is 43.3 Å². The van der Waals surface area contributed by atoms with Gasteiger partial charge in [-0.3, -0.25) is 14.5 Å². The summed E-state index contributed by atoms with van der Waals surface area (Å²) in [4.78, 5) is 55.7. The molecule has 1 atom stereocenters. The minimum atomic E-state index is -1.07. The van der Waals surface area contributed by atoms with Crippen LogP contribution in [0.4, 0.5) is 11.4 Å². The summed E-state index contributed by atoms with van der Waals surface area (Å²) < 4.78 is 15.7. The van der Waals surface area contributed by atoms with E-state index >= 15 is 0 Å². The Hall–Kier alpha value is -4.84. The second kappa shape index (κ2) is 13.7. The highest BCUT2D eigenvalue weighted by atomic mass is 32.2. The molecule has 4 rings (SSSR count). The Balaban J connectivity index is 1.56. The molecule has 3 aromatic rings. The number of benzene rings is 3. The number of nitrogens with one attached hydrogen (secondary N) is 1. The van der Waals surface area contributed by atoms with Crippen LogP contribution < -0.4 is 14.8 Å². The van der Waals surface area contributed by atoms with Crippen LogP contribution in [0.15, 0.2) is 71.7 Å². The molecule has 0 radical (unpaired) electrons. The number of rotatable bonds is 11. The normalized spacial score (nSPS) is 15.4. The Labute approximate surface area is 246 Å². The minimum absolute atomic E-state index is 0.0940. The molecule has 3 aromatic carbocycles. The molecule has 11 nitrogen and oxygen atoms in total. The Morgan fingerprint density at radius 2 is 1.62 bits per heavy atom. The quantitative estimate of drug-likeness (QED) is 0.302. The topological polar surface area (TPSA) is 144 Å². The molecule has 218 valence electrons. The van der Waals surface area contributed by atoms with Crippen molar-refractivity contribution in [2.24, 2.45) is 4.99 Å². The van der Waals surface area contributed by atoms with Crippen molar-refractivity contribution in [2.75, 3.05) is 26.1 Å². The molecule has 1 unspecified atom stereocenters. The third-order valence-electron chi connectivity index (χ3n) is 6.20. The maximum Gasteiger partial charge on any atom is 0.338 e. The fourth-order valence-corrected chi connectivity index (χ4v) is 5.26. The predicted molar refractivity (Wildman–Crippen MR) is 158 cm³/mol. The molecule has 12 heteroatoms. The SMILES string of the molecule is CCOC(=O)c1ccc(N=C2SC(CC(=O)Nc3ccc(C(=O)O)cc3)C(=O)N2Cc2ccc(OC)c(OC)c2)cc1. The highest BCUT2D eigenvalue weighted by Crippen LogP contribution is 2.35. The van der Waals surface area contributed by atoms with Gasteiger partial charge < -0.3 is 24.6 Å². The first kappa shape index (κ1) is 30.1. The van der Waals surface area contributed by atoms with Crippen molar-refractivity contribution >= 4 is 52.1 Å². The first-order valence-corrected chi connectivity index (χ1v) is 13.8. The zero-order valence-corrected chi connectivity index (χ0v) is 24.0. The maximum absolute atomic E-state index is 13.6. The number of carboxylic acids is 1. The zero-order chi connectivity index (χ0) is 30.2.